The van der Waals surface area contributed by atoms with Crippen molar-refractivity contribution in [2.45, 2.75) is 45.1 Å². The third kappa shape index (κ3) is 3.18. The summed E-state index contributed by atoms with van der Waals surface area (Å²) in [6.45, 7) is 3.25. The summed E-state index contributed by atoms with van der Waals surface area (Å²) in [7, 11) is 2.08. The van der Waals surface area contributed by atoms with Gasteiger partial charge in [0, 0.05) is 13.2 Å². The van der Waals surface area contributed by atoms with E-state index in [9.17, 15) is 0 Å². The first-order chi connectivity index (χ1) is 10.3. The predicted molar refractivity (Wildman–Crippen MR) is 86.4 cm³/mol. The molecule has 1 aliphatic rings. The van der Waals surface area contributed by atoms with Gasteiger partial charge in [-0.3, -0.25) is 0 Å². The summed E-state index contributed by atoms with van der Waals surface area (Å²) in [5.41, 5.74) is 5.82. The van der Waals surface area contributed by atoms with Crippen LogP contribution in [0.15, 0.2) is 30.7 Å². The normalized spacial score (nSPS) is 15.1. The Kier molecular flexibility index (Phi) is 4.39. The van der Waals surface area contributed by atoms with Crippen molar-refractivity contribution >= 4 is 0 Å². The van der Waals surface area contributed by atoms with Crippen LogP contribution in [0.3, 0.4) is 0 Å². The number of rotatable bonds is 6. The number of nitrogens with one attached hydrogen (secondary N) is 1. The lowest BCUT2D eigenvalue weighted by Gasteiger charge is -2.19. The maximum atomic E-state index is 4.27. The number of imidazole rings is 1. The minimum atomic E-state index is 0.344. The highest BCUT2D eigenvalue weighted by atomic mass is 15.1. The van der Waals surface area contributed by atoms with Crippen LogP contribution in [0.5, 0.6) is 0 Å². The zero-order chi connectivity index (χ0) is 14.7. The van der Waals surface area contributed by atoms with Crippen molar-refractivity contribution in [3.63, 3.8) is 0 Å². The summed E-state index contributed by atoms with van der Waals surface area (Å²) in [5, 5.41) is 3.67. The molecule has 3 rings (SSSR count). The van der Waals surface area contributed by atoms with Crippen LogP contribution in [0, 0.1) is 0 Å². The van der Waals surface area contributed by atoms with Crippen LogP contribution in [0.25, 0.3) is 0 Å². The summed E-state index contributed by atoms with van der Waals surface area (Å²) in [6.07, 6.45) is 9.89. The van der Waals surface area contributed by atoms with Crippen LogP contribution in [0.4, 0.5) is 0 Å². The smallest absolute Gasteiger partial charge is 0.0946 e. The largest absolute Gasteiger partial charge is 0.336 e. The molecule has 112 valence electrons. The fourth-order valence-corrected chi connectivity index (χ4v) is 3.29. The van der Waals surface area contributed by atoms with Crippen molar-refractivity contribution in [2.75, 3.05) is 6.54 Å². The molecule has 0 aliphatic heterocycles. The second-order valence-corrected chi connectivity index (χ2v) is 6.10. The second kappa shape index (κ2) is 6.44. The van der Waals surface area contributed by atoms with Crippen molar-refractivity contribution in [1.29, 1.82) is 0 Å². The van der Waals surface area contributed by atoms with E-state index < -0.39 is 0 Å². The quantitative estimate of drug-likeness (QED) is 0.882. The number of nitrogens with zero attached hydrogens (tertiary/aromatic N) is 2. The van der Waals surface area contributed by atoms with E-state index >= 15 is 0 Å². The Bertz CT molecular complexity index is 600. The van der Waals surface area contributed by atoms with Crippen molar-refractivity contribution < 1.29 is 0 Å². The molecule has 2 aromatic rings. The zero-order valence-electron chi connectivity index (χ0n) is 13.1. The van der Waals surface area contributed by atoms with Crippen LogP contribution in [-0.4, -0.2) is 16.1 Å². The minimum Gasteiger partial charge on any atom is -0.336 e. The molecule has 0 bridgehead atoms. The molecule has 0 spiro atoms. The fourth-order valence-electron chi connectivity index (χ4n) is 3.29. The van der Waals surface area contributed by atoms with Gasteiger partial charge in [-0.15, -0.1) is 0 Å². The summed E-state index contributed by atoms with van der Waals surface area (Å²) < 4.78 is 2.13. The average molecular weight is 283 g/mol. The van der Waals surface area contributed by atoms with Gasteiger partial charge in [-0.05, 0) is 55.3 Å². The lowest BCUT2D eigenvalue weighted by atomic mass is 9.99. The van der Waals surface area contributed by atoms with Gasteiger partial charge >= 0.3 is 0 Å². The molecular weight excluding hydrogens is 258 g/mol. The van der Waals surface area contributed by atoms with Gasteiger partial charge in [-0.25, -0.2) is 4.98 Å². The average Bonchev–Trinajstić information content (AvgIpc) is 3.11. The molecule has 1 unspecified atom stereocenters. The van der Waals surface area contributed by atoms with Crippen LogP contribution in [0.2, 0.25) is 0 Å². The van der Waals surface area contributed by atoms with Gasteiger partial charge in [-0.1, -0.05) is 25.1 Å². The fraction of sp³-hybridized carbons (Fsp3) is 0.500. The maximum Gasteiger partial charge on any atom is 0.0946 e. The first-order valence-electron chi connectivity index (χ1n) is 8.08. The highest BCUT2D eigenvalue weighted by Crippen LogP contribution is 2.25. The molecule has 0 fully saturated rings. The van der Waals surface area contributed by atoms with E-state index in [2.05, 4.69) is 47.0 Å². The molecule has 1 atom stereocenters. The highest BCUT2D eigenvalue weighted by Gasteiger charge is 2.17. The SMILES string of the molecule is CCCNC(Cc1ccc2c(c1)CCC2)c1cncn1C. The van der Waals surface area contributed by atoms with Gasteiger partial charge in [0.05, 0.1) is 18.1 Å². The van der Waals surface area contributed by atoms with Crippen LogP contribution < -0.4 is 5.32 Å². The van der Waals surface area contributed by atoms with Crippen LogP contribution >= 0.6 is 0 Å². The van der Waals surface area contributed by atoms with Crippen LogP contribution in [-0.2, 0) is 26.3 Å². The summed E-state index contributed by atoms with van der Waals surface area (Å²) in [4.78, 5) is 4.27. The molecule has 1 N–H and O–H groups in total. The Morgan fingerprint density at radius 1 is 1.29 bits per heavy atom. The first-order valence-corrected chi connectivity index (χ1v) is 8.08. The predicted octanol–water partition coefficient (Wildman–Crippen LogP) is 3.19. The lowest BCUT2D eigenvalue weighted by molar-refractivity contribution is 0.504. The Morgan fingerprint density at radius 3 is 2.90 bits per heavy atom. The molecule has 1 aromatic heterocycles. The second-order valence-electron chi connectivity index (χ2n) is 6.10. The number of benzene rings is 1. The summed E-state index contributed by atoms with van der Waals surface area (Å²) in [6, 6.07) is 7.40. The zero-order valence-corrected chi connectivity index (χ0v) is 13.1. The highest BCUT2D eigenvalue weighted by molar-refractivity contribution is 5.36. The molecule has 21 heavy (non-hydrogen) atoms. The van der Waals surface area contributed by atoms with Crippen molar-refractivity contribution in [2.24, 2.45) is 7.05 Å². The Labute approximate surface area is 127 Å². The van der Waals surface area contributed by atoms with Gasteiger partial charge < -0.3 is 9.88 Å². The molecule has 1 aliphatic carbocycles. The number of aromatic nitrogens is 2. The number of aryl methyl sites for hydroxylation is 3. The van der Waals surface area contributed by atoms with E-state index in [4.69, 9.17) is 0 Å². The van der Waals surface area contributed by atoms with Gasteiger partial charge in [0.15, 0.2) is 0 Å². The molecule has 0 amide bonds. The van der Waals surface area contributed by atoms with E-state index in [0.717, 1.165) is 19.4 Å². The molecule has 0 radical (unpaired) electrons. The number of fused-ring (bicyclic) bond motifs is 1. The van der Waals surface area contributed by atoms with Gasteiger partial charge in [0.2, 0.25) is 0 Å². The van der Waals surface area contributed by atoms with E-state index in [1.54, 1.807) is 11.1 Å². The van der Waals surface area contributed by atoms with Gasteiger partial charge in [0.1, 0.15) is 0 Å². The standard InChI is InChI=1S/C18H25N3/c1-3-9-20-17(18-12-19-13-21(18)2)11-14-7-8-15-5-4-6-16(15)10-14/h7-8,10,12-13,17,20H,3-6,9,11H2,1-2H3. The first kappa shape index (κ1) is 14.3. The Hall–Kier alpha value is -1.61. The third-order valence-electron chi connectivity index (χ3n) is 4.45. The minimum absolute atomic E-state index is 0.344. The van der Waals surface area contributed by atoms with Gasteiger partial charge in [0.25, 0.3) is 0 Å². The molecule has 1 aromatic carbocycles. The topological polar surface area (TPSA) is 29.9 Å². The number of hydrogen-bond donors (Lipinski definition) is 1. The van der Waals surface area contributed by atoms with E-state index in [0.29, 0.717) is 6.04 Å². The molecule has 0 saturated heterocycles. The van der Waals surface area contributed by atoms with Crippen molar-refractivity contribution in [3.8, 4) is 0 Å². The molecule has 3 heteroatoms. The van der Waals surface area contributed by atoms with Crippen LogP contribution in [0.1, 0.15) is 48.2 Å². The number of hydrogen-bond acceptors (Lipinski definition) is 2. The maximum absolute atomic E-state index is 4.27. The Morgan fingerprint density at radius 2 is 2.14 bits per heavy atom. The van der Waals surface area contributed by atoms with E-state index in [1.165, 1.54) is 30.5 Å². The monoisotopic (exact) mass is 283 g/mol. The van der Waals surface area contributed by atoms with Gasteiger partial charge in [-0.2, -0.15) is 0 Å². The summed E-state index contributed by atoms with van der Waals surface area (Å²) >= 11 is 0. The van der Waals surface area contributed by atoms with E-state index in [1.807, 2.05) is 12.5 Å². The Balaban J connectivity index is 1.79. The summed E-state index contributed by atoms with van der Waals surface area (Å²) in [5.74, 6) is 0. The molecule has 0 saturated carbocycles. The molecular formula is C18H25N3. The van der Waals surface area contributed by atoms with Crippen molar-refractivity contribution in [3.05, 3.63) is 53.1 Å². The molecule has 3 nitrogen and oxygen atoms in total. The van der Waals surface area contributed by atoms with Crippen molar-refractivity contribution in [1.82, 2.24) is 14.9 Å². The third-order valence-corrected chi connectivity index (χ3v) is 4.45. The van der Waals surface area contributed by atoms with E-state index in [-0.39, 0.29) is 0 Å². The molecule has 1 heterocycles. The lowest BCUT2D eigenvalue weighted by Crippen LogP contribution is -2.25.